The van der Waals surface area contributed by atoms with Gasteiger partial charge >= 0.3 is 0 Å². The van der Waals surface area contributed by atoms with Gasteiger partial charge in [-0.25, -0.2) is 5.43 Å². The number of anilines is 1. The number of benzene rings is 3. The van der Waals surface area contributed by atoms with Crippen molar-refractivity contribution in [2.75, 3.05) is 5.32 Å². The smallest absolute Gasteiger partial charge is 0.249 e. The van der Waals surface area contributed by atoms with Gasteiger partial charge in [0.2, 0.25) is 11.8 Å². The second-order valence-corrected chi connectivity index (χ2v) is 8.44. The maximum Gasteiger partial charge on any atom is 0.249 e. The number of nitrogens with one attached hydrogen (secondary N) is 2. The van der Waals surface area contributed by atoms with Crippen molar-refractivity contribution in [3.63, 3.8) is 0 Å². The van der Waals surface area contributed by atoms with E-state index in [0.717, 1.165) is 22.3 Å². The summed E-state index contributed by atoms with van der Waals surface area (Å²) in [5, 5.41) is 15.8. The van der Waals surface area contributed by atoms with Crippen molar-refractivity contribution in [3.8, 4) is 11.8 Å². The van der Waals surface area contributed by atoms with Crippen LogP contribution >= 0.6 is 15.9 Å². The Labute approximate surface area is 206 Å². The summed E-state index contributed by atoms with van der Waals surface area (Å²) < 4.78 is 6.51. The molecule has 3 aromatic carbocycles. The van der Waals surface area contributed by atoms with Gasteiger partial charge in [0.15, 0.2) is 0 Å². The molecule has 0 aliphatic carbocycles. The predicted molar refractivity (Wildman–Crippen MR) is 135 cm³/mol. The second kappa shape index (κ2) is 11.8. The van der Waals surface area contributed by atoms with Crippen molar-refractivity contribution in [2.24, 2.45) is 5.10 Å². The molecule has 3 aromatic rings. The monoisotopic (exact) mass is 518 g/mol. The average Bonchev–Trinajstić information content (AvgIpc) is 2.80. The van der Waals surface area contributed by atoms with Gasteiger partial charge < -0.3 is 10.1 Å². The van der Waals surface area contributed by atoms with Crippen LogP contribution in [0, 0.1) is 25.2 Å². The van der Waals surface area contributed by atoms with E-state index in [1.807, 2.05) is 50.2 Å². The topological polar surface area (TPSA) is 104 Å². The van der Waals surface area contributed by atoms with E-state index in [1.54, 1.807) is 24.3 Å². The molecular weight excluding hydrogens is 496 g/mol. The van der Waals surface area contributed by atoms with Crippen LogP contribution in [0.25, 0.3) is 0 Å². The van der Waals surface area contributed by atoms with Crippen LogP contribution in [0.3, 0.4) is 0 Å². The molecule has 0 heterocycles. The van der Waals surface area contributed by atoms with Crippen molar-refractivity contribution in [3.05, 3.63) is 93.0 Å². The predicted octanol–water partition coefficient (Wildman–Crippen LogP) is 5.00. The molecule has 3 rings (SSSR count). The van der Waals surface area contributed by atoms with Crippen LogP contribution in [-0.2, 0) is 16.2 Å². The molecule has 0 atom stereocenters. The zero-order valence-corrected chi connectivity index (χ0v) is 20.3. The lowest BCUT2D eigenvalue weighted by Gasteiger charge is -2.10. The Morgan fingerprint density at radius 1 is 1.09 bits per heavy atom. The number of hydrogen-bond donors (Lipinski definition) is 2. The fraction of sp³-hybridized carbons (Fsp3) is 0.154. The van der Waals surface area contributed by atoms with E-state index >= 15 is 0 Å². The minimum atomic E-state index is -0.520. The van der Waals surface area contributed by atoms with Crippen molar-refractivity contribution >= 4 is 39.6 Å². The molecule has 0 saturated heterocycles. The summed E-state index contributed by atoms with van der Waals surface area (Å²) in [5.74, 6) is -0.326. The maximum absolute atomic E-state index is 12.1. The lowest BCUT2D eigenvalue weighted by Crippen LogP contribution is -2.24. The van der Waals surface area contributed by atoms with Gasteiger partial charge in [-0.15, -0.1) is 0 Å². The summed E-state index contributed by atoms with van der Waals surface area (Å²) in [6, 6.07) is 20.4. The van der Waals surface area contributed by atoms with Gasteiger partial charge in [-0.2, -0.15) is 10.4 Å². The normalized spacial score (nSPS) is 10.5. The number of hydrogen-bond acceptors (Lipinski definition) is 5. The molecule has 0 aliphatic heterocycles. The van der Waals surface area contributed by atoms with Crippen LogP contribution in [0.15, 0.2) is 70.2 Å². The quantitative estimate of drug-likeness (QED) is 0.249. The Morgan fingerprint density at radius 2 is 1.88 bits per heavy atom. The Bertz CT molecular complexity index is 1280. The third kappa shape index (κ3) is 7.02. The number of ether oxygens (including phenoxy) is 1. The van der Waals surface area contributed by atoms with E-state index in [4.69, 9.17) is 4.74 Å². The van der Waals surface area contributed by atoms with E-state index in [9.17, 15) is 14.9 Å². The number of nitrogens with zero attached hydrogens (tertiary/aromatic N) is 2. The van der Waals surface area contributed by atoms with Crippen molar-refractivity contribution in [1.82, 2.24) is 5.43 Å². The van der Waals surface area contributed by atoms with Crippen molar-refractivity contribution in [2.45, 2.75) is 26.9 Å². The molecule has 0 spiro atoms. The van der Waals surface area contributed by atoms with Crippen LogP contribution in [0.4, 0.5) is 5.69 Å². The van der Waals surface area contributed by atoms with Crippen LogP contribution in [-0.4, -0.2) is 18.0 Å². The largest absolute Gasteiger partial charge is 0.488 e. The Hall–Kier alpha value is -3.96. The number of aryl methyl sites for hydroxylation is 2. The van der Waals surface area contributed by atoms with E-state index in [0.29, 0.717) is 21.5 Å². The molecule has 8 heteroatoms. The molecule has 2 amide bonds. The van der Waals surface area contributed by atoms with Crippen LogP contribution in [0.1, 0.15) is 34.2 Å². The third-order valence-corrected chi connectivity index (χ3v) is 5.48. The molecule has 34 heavy (non-hydrogen) atoms. The maximum atomic E-state index is 12.1. The number of hydrazone groups is 1. The number of carbonyl (C=O) groups excluding carboxylic acids is 2. The SMILES string of the molecule is Cc1ccc(NC(=O)CC(=O)NN=Cc2ccc(OCc3ccccc3C#N)c(Br)c2)c(C)c1. The Balaban J connectivity index is 1.50. The van der Waals surface area contributed by atoms with Gasteiger partial charge in [0.05, 0.1) is 22.3 Å². The van der Waals surface area contributed by atoms with E-state index in [2.05, 4.69) is 37.8 Å². The number of rotatable bonds is 8. The van der Waals surface area contributed by atoms with Crippen LogP contribution < -0.4 is 15.5 Å². The average molecular weight is 519 g/mol. The van der Waals surface area contributed by atoms with Gasteiger partial charge in [0.25, 0.3) is 0 Å². The molecule has 0 fully saturated rings. The lowest BCUT2D eigenvalue weighted by atomic mass is 10.1. The molecule has 2 N–H and O–H groups in total. The summed E-state index contributed by atoms with van der Waals surface area (Å²) in [6.45, 7) is 4.13. The van der Waals surface area contributed by atoms with Gasteiger partial charge in [-0.1, -0.05) is 35.9 Å². The molecule has 172 valence electrons. The summed E-state index contributed by atoms with van der Waals surface area (Å²) in [5.41, 5.74) is 7.15. The zero-order valence-electron chi connectivity index (χ0n) is 18.8. The Morgan fingerprint density at radius 3 is 2.62 bits per heavy atom. The van der Waals surface area contributed by atoms with E-state index in [1.165, 1.54) is 6.21 Å². The first-order valence-corrected chi connectivity index (χ1v) is 11.2. The number of carbonyl (C=O) groups is 2. The first kappa shape index (κ1) is 24.7. The van der Waals surface area contributed by atoms with Gasteiger partial charge in [0, 0.05) is 11.3 Å². The van der Waals surface area contributed by atoms with Gasteiger partial charge in [-0.3, -0.25) is 9.59 Å². The molecule has 0 bridgehead atoms. The summed E-state index contributed by atoms with van der Waals surface area (Å²) in [7, 11) is 0. The molecular formula is C26H23BrN4O3. The van der Waals surface area contributed by atoms with E-state index < -0.39 is 11.8 Å². The summed E-state index contributed by atoms with van der Waals surface area (Å²) in [6.07, 6.45) is 1.13. The molecule has 7 nitrogen and oxygen atoms in total. The standard InChI is InChI=1S/C26H23BrN4O3/c1-17-7-9-23(18(2)11-17)30-25(32)13-26(33)31-29-15-19-8-10-24(22(27)12-19)34-16-21-6-4-3-5-20(21)14-28/h3-12,15H,13,16H2,1-2H3,(H,30,32)(H,31,33). The minimum Gasteiger partial charge on any atom is -0.488 e. The number of halogens is 1. The third-order valence-electron chi connectivity index (χ3n) is 4.86. The first-order chi connectivity index (χ1) is 16.4. The molecule has 0 aromatic heterocycles. The van der Waals surface area contributed by atoms with Crippen LogP contribution in [0.5, 0.6) is 5.75 Å². The van der Waals surface area contributed by atoms with E-state index in [-0.39, 0.29) is 13.0 Å². The molecule has 0 radical (unpaired) electrons. The molecule has 0 aliphatic rings. The van der Waals surface area contributed by atoms with Crippen molar-refractivity contribution in [1.29, 1.82) is 5.26 Å². The second-order valence-electron chi connectivity index (χ2n) is 7.58. The Kier molecular flexibility index (Phi) is 8.54. The first-order valence-electron chi connectivity index (χ1n) is 10.4. The van der Waals surface area contributed by atoms with Crippen molar-refractivity contribution < 1.29 is 14.3 Å². The highest BCUT2D eigenvalue weighted by Crippen LogP contribution is 2.26. The minimum absolute atomic E-state index is 0.260. The number of amides is 2. The number of nitriles is 1. The zero-order chi connectivity index (χ0) is 24.5. The summed E-state index contributed by atoms with van der Waals surface area (Å²) >= 11 is 3.46. The fourth-order valence-electron chi connectivity index (χ4n) is 3.14. The van der Waals surface area contributed by atoms with Gasteiger partial charge in [-0.05, 0) is 71.2 Å². The lowest BCUT2D eigenvalue weighted by molar-refractivity contribution is -0.126. The highest BCUT2D eigenvalue weighted by atomic mass is 79.9. The van der Waals surface area contributed by atoms with Gasteiger partial charge in [0.1, 0.15) is 18.8 Å². The highest BCUT2D eigenvalue weighted by molar-refractivity contribution is 9.10. The molecule has 0 saturated carbocycles. The fourth-order valence-corrected chi connectivity index (χ4v) is 3.65. The van der Waals surface area contributed by atoms with Crippen LogP contribution in [0.2, 0.25) is 0 Å². The highest BCUT2D eigenvalue weighted by Gasteiger charge is 2.10. The summed E-state index contributed by atoms with van der Waals surface area (Å²) in [4.78, 5) is 24.1. The molecule has 0 unspecified atom stereocenters.